The number of hydrogen-bond acceptors (Lipinski definition) is 7. The lowest BCUT2D eigenvalue weighted by molar-refractivity contribution is -0.151. The minimum absolute atomic E-state index is 0.201. The number of pyridine rings is 1. The van der Waals surface area contributed by atoms with Gasteiger partial charge in [0.1, 0.15) is 18.4 Å². The highest BCUT2D eigenvalue weighted by Crippen LogP contribution is 2.56. The van der Waals surface area contributed by atoms with E-state index in [9.17, 15) is 14.4 Å². The number of hydroxylamine groups is 1. The Hall–Kier alpha value is -3.98. The van der Waals surface area contributed by atoms with Crippen LogP contribution in [0.15, 0.2) is 54.6 Å². The van der Waals surface area contributed by atoms with Gasteiger partial charge in [-0.3, -0.25) is 24.6 Å². The fourth-order valence-corrected chi connectivity index (χ4v) is 5.02. The quantitative estimate of drug-likeness (QED) is 0.194. The van der Waals surface area contributed by atoms with E-state index in [1.807, 2.05) is 61.5 Å². The number of nitrogens with one attached hydrogen (secondary N) is 2. The van der Waals surface area contributed by atoms with Crippen LogP contribution in [0.2, 0.25) is 0 Å². The Bertz CT molecular complexity index is 1360. The molecular weight excluding hydrogens is 498 g/mol. The highest BCUT2D eigenvalue weighted by atomic mass is 16.5. The zero-order chi connectivity index (χ0) is 28.2. The molecule has 1 heterocycles. The minimum Gasteiger partial charge on any atom is -0.489 e. The van der Waals surface area contributed by atoms with Gasteiger partial charge in [-0.2, -0.15) is 0 Å². The number of amides is 2. The number of ether oxygens (including phenoxy) is 2. The number of esters is 1. The summed E-state index contributed by atoms with van der Waals surface area (Å²) in [5.74, 6) is -1.75. The van der Waals surface area contributed by atoms with E-state index in [4.69, 9.17) is 14.7 Å². The molecule has 0 saturated heterocycles. The number of para-hydroxylation sites is 1. The molecular formula is C30H35N3O6. The molecule has 39 heavy (non-hydrogen) atoms. The molecule has 4 rings (SSSR count). The van der Waals surface area contributed by atoms with E-state index in [1.54, 1.807) is 26.3 Å². The SMILES string of the molecule is CCOC(=O)[C@@]1(Cc2ccc(OCc3cc(C)nc4ccccc34)cc2)C[C@@H]1C(=O)N[C@H](C(=O)NO)C(C)C. The van der Waals surface area contributed by atoms with Crippen LogP contribution in [0.25, 0.3) is 10.9 Å². The second-order valence-electron chi connectivity index (χ2n) is 10.4. The third-order valence-corrected chi connectivity index (χ3v) is 7.20. The van der Waals surface area contributed by atoms with Crippen LogP contribution in [0.1, 0.15) is 44.0 Å². The molecule has 9 heteroatoms. The van der Waals surface area contributed by atoms with Crippen LogP contribution >= 0.6 is 0 Å². The van der Waals surface area contributed by atoms with Crippen molar-refractivity contribution in [3.8, 4) is 5.75 Å². The van der Waals surface area contributed by atoms with Crippen LogP contribution in [0, 0.1) is 24.2 Å². The third-order valence-electron chi connectivity index (χ3n) is 7.20. The maximum absolute atomic E-state index is 13.0. The smallest absolute Gasteiger partial charge is 0.313 e. The van der Waals surface area contributed by atoms with Gasteiger partial charge in [0.2, 0.25) is 5.91 Å². The molecule has 1 fully saturated rings. The molecule has 0 unspecified atom stereocenters. The van der Waals surface area contributed by atoms with Crippen molar-refractivity contribution < 1.29 is 29.1 Å². The van der Waals surface area contributed by atoms with Gasteiger partial charge in [-0.15, -0.1) is 0 Å². The summed E-state index contributed by atoms with van der Waals surface area (Å²) in [6, 6.07) is 16.5. The molecule has 3 aromatic rings. The first kappa shape index (κ1) is 28.0. The first-order valence-corrected chi connectivity index (χ1v) is 13.2. The van der Waals surface area contributed by atoms with Crippen LogP contribution in [-0.2, 0) is 32.1 Å². The summed E-state index contributed by atoms with van der Waals surface area (Å²) in [6.45, 7) is 7.79. The summed E-state index contributed by atoms with van der Waals surface area (Å²) >= 11 is 0. The van der Waals surface area contributed by atoms with Gasteiger partial charge in [0.25, 0.3) is 5.91 Å². The molecule has 3 atom stereocenters. The fraction of sp³-hybridized carbons (Fsp3) is 0.400. The van der Waals surface area contributed by atoms with Crippen LogP contribution < -0.4 is 15.5 Å². The normalized spacial score (nSPS) is 18.9. The zero-order valence-corrected chi connectivity index (χ0v) is 22.7. The van der Waals surface area contributed by atoms with E-state index in [-0.39, 0.29) is 12.5 Å². The van der Waals surface area contributed by atoms with Gasteiger partial charge in [0.15, 0.2) is 0 Å². The number of aromatic nitrogens is 1. The van der Waals surface area contributed by atoms with Crippen LogP contribution in [0.3, 0.4) is 0 Å². The van der Waals surface area contributed by atoms with Crippen molar-refractivity contribution in [1.82, 2.24) is 15.8 Å². The van der Waals surface area contributed by atoms with Crippen molar-refractivity contribution in [2.75, 3.05) is 6.61 Å². The average Bonchev–Trinajstić information content (AvgIpc) is 3.66. The molecule has 1 saturated carbocycles. The molecule has 0 aliphatic heterocycles. The number of carbonyl (C=O) groups is 3. The summed E-state index contributed by atoms with van der Waals surface area (Å²) in [5.41, 5.74) is 4.35. The van der Waals surface area contributed by atoms with Gasteiger partial charge >= 0.3 is 5.97 Å². The zero-order valence-electron chi connectivity index (χ0n) is 22.7. The van der Waals surface area contributed by atoms with Gasteiger partial charge < -0.3 is 14.8 Å². The Morgan fingerprint density at radius 3 is 2.51 bits per heavy atom. The molecule has 9 nitrogen and oxygen atoms in total. The average molecular weight is 534 g/mol. The van der Waals surface area contributed by atoms with E-state index < -0.39 is 35.2 Å². The molecule has 206 valence electrons. The van der Waals surface area contributed by atoms with Crippen LogP contribution in [0.4, 0.5) is 0 Å². The Labute approximate surface area is 227 Å². The summed E-state index contributed by atoms with van der Waals surface area (Å²) < 4.78 is 11.4. The lowest BCUT2D eigenvalue weighted by Crippen LogP contribution is -2.50. The molecule has 0 radical (unpaired) electrons. The number of hydrogen-bond donors (Lipinski definition) is 3. The second kappa shape index (κ2) is 11.8. The van der Waals surface area contributed by atoms with Crippen molar-refractivity contribution in [1.29, 1.82) is 0 Å². The number of fused-ring (bicyclic) bond motifs is 1. The van der Waals surface area contributed by atoms with Gasteiger partial charge in [0, 0.05) is 16.6 Å². The summed E-state index contributed by atoms with van der Waals surface area (Å²) in [4.78, 5) is 42.6. The molecule has 0 bridgehead atoms. The van der Waals surface area contributed by atoms with E-state index >= 15 is 0 Å². The second-order valence-corrected chi connectivity index (χ2v) is 10.4. The van der Waals surface area contributed by atoms with Crippen molar-refractivity contribution in [3.05, 3.63) is 71.4 Å². The summed E-state index contributed by atoms with van der Waals surface area (Å²) in [6.07, 6.45) is 0.632. The van der Waals surface area contributed by atoms with Crippen molar-refractivity contribution >= 4 is 28.7 Å². The topological polar surface area (TPSA) is 127 Å². The van der Waals surface area contributed by atoms with Crippen LogP contribution in [-0.4, -0.2) is 40.6 Å². The largest absolute Gasteiger partial charge is 0.489 e. The predicted molar refractivity (Wildman–Crippen MR) is 145 cm³/mol. The molecule has 1 aliphatic carbocycles. The van der Waals surface area contributed by atoms with Crippen molar-refractivity contribution in [2.45, 2.75) is 53.2 Å². The number of aryl methyl sites for hydroxylation is 1. The third kappa shape index (κ3) is 6.20. The Morgan fingerprint density at radius 1 is 1.13 bits per heavy atom. The summed E-state index contributed by atoms with van der Waals surface area (Å²) in [5, 5.41) is 12.8. The van der Waals surface area contributed by atoms with E-state index in [1.165, 1.54) is 0 Å². The Balaban J connectivity index is 1.45. The summed E-state index contributed by atoms with van der Waals surface area (Å²) in [7, 11) is 0. The molecule has 0 spiro atoms. The molecule has 1 aromatic heterocycles. The monoisotopic (exact) mass is 533 g/mol. The highest BCUT2D eigenvalue weighted by molar-refractivity contribution is 5.96. The number of carbonyl (C=O) groups excluding carboxylic acids is 3. The lowest BCUT2D eigenvalue weighted by atomic mass is 9.93. The molecule has 2 aromatic carbocycles. The predicted octanol–water partition coefficient (Wildman–Crippen LogP) is 3.88. The number of benzene rings is 2. The van der Waals surface area contributed by atoms with E-state index in [2.05, 4.69) is 10.3 Å². The van der Waals surface area contributed by atoms with Gasteiger partial charge in [-0.25, -0.2) is 5.48 Å². The number of rotatable bonds is 11. The van der Waals surface area contributed by atoms with E-state index in [0.29, 0.717) is 25.2 Å². The fourth-order valence-electron chi connectivity index (χ4n) is 5.02. The molecule has 3 N–H and O–H groups in total. The Kier molecular flexibility index (Phi) is 8.50. The first-order chi connectivity index (χ1) is 18.7. The van der Waals surface area contributed by atoms with Gasteiger partial charge in [-0.05, 0) is 62.4 Å². The highest BCUT2D eigenvalue weighted by Gasteiger charge is 2.64. The van der Waals surface area contributed by atoms with Crippen molar-refractivity contribution in [2.24, 2.45) is 17.3 Å². The lowest BCUT2D eigenvalue weighted by Gasteiger charge is -2.21. The van der Waals surface area contributed by atoms with Gasteiger partial charge in [-0.1, -0.05) is 44.2 Å². The molecule has 2 amide bonds. The number of nitrogens with zero attached hydrogens (tertiary/aromatic N) is 1. The van der Waals surface area contributed by atoms with Crippen LogP contribution in [0.5, 0.6) is 5.75 Å². The Morgan fingerprint density at radius 2 is 1.85 bits per heavy atom. The van der Waals surface area contributed by atoms with Gasteiger partial charge in [0.05, 0.1) is 23.5 Å². The maximum atomic E-state index is 13.0. The standard InChI is InChI=1S/C30H35N3O6/c1-5-38-29(36)30(16-24(30)27(34)32-26(18(2)3)28(35)33-37)15-20-10-12-22(13-11-20)39-17-21-14-19(4)31-25-9-7-6-8-23(21)25/h6-14,18,24,26,37H,5,15-17H2,1-4H3,(H,32,34)(H,33,35)/t24-,26+,30+/m1/s1. The first-order valence-electron chi connectivity index (χ1n) is 13.2. The molecule has 1 aliphatic rings. The maximum Gasteiger partial charge on any atom is 0.313 e. The van der Waals surface area contributed by atoms with Crippen molar-refractivity contribution in [3.63, 3.8) is 0 Å². The van der Waals surface area contributed by atoms with E-state index in [0.717, 1.165) is 27.7 Å². The minimum atomic E-state index is -1.01.